The molecule has 2 aromatic rings. The van der Waals surface area contributed by atoms with Crippen LogP contribution in [-0.2, 0) is 0 Å². The van der Waals surface area contributed by atoms with Gasteiger partial charge in [-0.25, -0.2) is 0 Å². The van der Waals surface area contributed by atoms with Crippen molar-refractivity contribution < 1.29 is 0 Å². The first-order chi connectivity index (χ1) is 11.1. The van der Waals surface area contributed by atoms with Crippen molar-refractivity contribution >= 4 is 18.5 Å². The highest BCUT2D eigenvalue weighted by Crippen LogP contribution is 2.54. The lowest BCUT2D eigenvalue weighted by molar-refractivity contribution is 0.262. The van der Waals surface area contributed by atoms with Crippen LogP contribution in [0.4, 0.5) is 0 Å². The maximum atomic E-state index is 2.56. The van der Waals surface area contributed by atoms with E-state index in [1.165, 1.54) is 29.9 Å². The third-order valence-corrected chi connectivity index (χ3v) is 7.38. The molecule has 0 aliphatic heterocycles. The zero-order valence-corrected chi connectivity index (χ0v) is 15.4. The first-order valence-electron chi connectivity index (χ1n) is 8.67. The zero-order valence-electron chi connectivity index (χ0n) is 14.5. The van der Waals surface area contributed by atoms with E-state index in [4.69, 9.17) is 0 Å². The molecule has 0 fully saturated rings. The number of rotatable bonds is 3. The molecule has 0 aromatic heterocycles. The summed E-state index contributed by atoms with van der Waals surface area (Å²) < 4.78 is 0. The highest BCUT2D eigenvalue weighted by Gasteiger charge is 2.34. The third-order valence-electron chi connectivity index (χ3n) is 4.74. The second-order valence-electron chi connectivity index (χ2n) is 7.49. The first kappa shape index (κ1) is 16.5. The molecule has 3 rings (SSSR count). The molecule has 0 radical (unpaired) electrons. The Morgan fingerprint density at radius 3 is 1.83 bits per heavy atom. The molecule has 0 spiro atoms. The summed E-state index contributed by atoms with van der Waals surface area (Å²) in [5, 5.41) is 4.66. The lowest BCUT2D eigenvalue weighted by Crippen LogP contribution is -2.27. The molecule has 1 unspecified atom stereocenters. The summed E-state index contributed by atoms with van der Waals surface area (Å²) >= 11 is 0. The van der Waals surface area contributed by atoms with Crippen molar-refractivity contribution in [2.45, 2.75) is 40.0 Å². The van der Waals surface area contributed by atoms with Crippen LogP contribution in [0.25, 0.3) is 0 Å². The quantitative estimate of drug-likeness (QED) is 0.622. The molecular formula is C22H27P. The van der Waals surface area contributed by atoms with Gasteiger partial charge in [0.2, 0.25) is 0 Å². The summed E-state index contributed by atoms with van der Waals surface area (Å²) in [6, 6.07) is 22.2. The number of hydrogen-bond donors (Lipinski definition) is 0. The Kier molecular flexibility index (Phi) is 5.02. The fraction of sp³-hybridized carbons (Fsp3) is 0.364. The molecule has 0 amide bonds. The van der Waals surface area contributed by atoms with E-state index in [-0.39, 0.29) is 0 Å². The molecule has 0 saturated heterocycles. The number of allylic oxidation sites excluding steroid dienone is 2. The first-order valence-corrected chi connectivity index (χ1v) is 10.0. The Bertz CT molecular complexity index is 610. The smallest absolute Gasteiger partial charge is 0.0106 e. The molecule has 0 heterocycles. The molecule has 1 aliphatic carbocycles. The fourth-order valence-electron chi connectivity index (χ4n) is 3.59. The van der Waals surface area contributed by atoms with Crippen LogP contribution in [0.2, 0.25) is 0 Å². The Balaban J connectivity index is 2.10. The Morgan fingerprint density at radius 1 is 0.826 bits per heavy atom. The van der Waals surface area contributed by atoms with E-state index < -0.39 is 7.92 Å². The minimum absolute atomic E-state index is 0.330. The number of hydrogen-bond acceptors (Lipinski definition) is 0. The van der Waals surface area contributed by atoms with Gasteiger partial charge in [-0.05, 0) is 54.4 Å². The summed E-state index contributed by atoms with van der Waals surface area (Å²) in [7, 11) is -0.412. The van der Waals surface area contributed by atoms with E-state index in [2.05, 4.69) is 87.5 Å². The standard InChI is InChI=1S/C22H27P/c1-22(2,3)20-16-10-11-17-21(20)23(18-12-6-4-7-13-18)19-14-8-5-9-15-19/h4-9,12-15,17,20H,10-11,16H2,1-3H3. The second kappa shape index (κ2) is 7.02. The van der Waals surface area contributed by atoms with E-state index in [1.807, 2.05) is 0 Å². The van der Waals surface area contributed by atoms with Crippen molar-refractivity contribution in [2.24, 2.45) is 11.3 Å². The topological polar surface area (TPSA) is 0 Å². The van der Waals surface area contributed by atoms with Gasteiger partial charge in [-0.1, -0.05) is 87.5 Å². The lowest BCUT2D eigenvalue weighted by Gasteiger charge is -2.39. The maximum absolute atomic E-state index is 2.56. The predicted octanol–water partition coefficient (Wildman–Crippen LogP) is 5.85. The Hall–Kier alpha value is -1.39. The van der Waals surface area contributed by atoms with E-state index >= 15 is 0 Å². The van der Waals surface area contributed by atoms with Crippen LogP contribution < -0.4 is 10.6 Å². The average molecular weight is 322 g/mol. The highest BCUT2D eigenvalue weighted by molar-refractivity contribution is 7.76. The summed E-state index contributed by atoms with van der Waals surface area (Å²) in [6.07, 6.45) is 6.46. The van der Waals surface area contributed by atoms with Gasteiger partial charge in [-0.15, -0.1) is 0 Å². The Morgan fingerprint density at radius 2 is 1.35 bits per heavy atom. The van der Waals surface area contributed by atoms with Gasteiger partial charge >= 0.3 is 0 Å². The van der Waals surface area contributed by atoms with Crippen LogP contribution in [-0.4, -0.2) is 0 Å². The van der Waals surface area contributed by atoms with Crippen molar-refractivity contribution in [1.29, 1.82) is 0 Å². The molecule has 0 N–H and O–H groups in total. The van der Waals surface area contributed by atoms with E-state index in [9.17, 15) is 0 Å². The van der Waals surface area contributed by atoms with Gasteiger partial charge < -0.3 is 0 Å². The summed E-state index contributed by atoms with van der Waals surface area (Å²) in [6.45, 7) is 7.21. The highest BCUT2D eigenvalue weighted by atomic mass is 31.1. The van der Waals surface area contributed by atoms with Crippen molar-refractivity contribution in [1.82, 2.24) is 0 Å². The van der Waals surface area contributed by atoms with Gasteiger partial charge in [0.05, 0.1) is 0 Å². The zero-order chi connectivity index (χ0) is 16.3. The van der Waals surface area contributed by atoms with Gasteiger partial charge in [0.15, 0.2) is 0 Å². The molecule has 0 saturated carbocycles. The van der Waals surface area contributed by atoms with Crippen LogP contribution in [0.15, 0.2) is 72.1 Å². The third kappa shape index (κ3) is 3.75. The molecule has 23 heavy (non-hydrogen) atoms. The van der Waals surface area contributed by atoms with E-state index in [0.717, 1.165) is 0 Å². The predicted molar refractivity (Wildman–Crippen MR) is 104 cm³/mol. The van der Waals surface area contributed by atoms with Crippen molar-refractivity contribution in [2.75, 3.05) is 0 Å². The molecule has 120 valence electrons. The van der Waals surface area contributed by atoms with Gasteiger partial charge in [-0.2, -0.15) is 0 Å². The van der Waals surface area contributed by atoms with Crippen LogP contribution in [0, 0.1) is 11.3 Å². The minimum atomic E-state index is -0.412. The SMILES string of the molecule is CC(C)(C)C1CCCC=C1P(c1ccccc1)c1ccccc1. The van der Waals surface area contributed by atoms with Crippen molar-refractivity contribution in [3.8, 4) is 0 Å². The summed E-state index contributed by atoms with van der Waals surface area (Å²) in [5.74, 6) is 0.683. The lowest BCUT2D eigenvalue weighted by atomic mass is 9.75. The summed E-state index contributed by atoms with van der Waals surface area (Å²) in [4.78, 5) is 0. The van der Waals surface area contributed by atoms with E-state index in [0.29, 0.717) is 11.3 Å². The van der Waals surface area contributed by atoms with Crippen LogP contribution in [0.1, 0.15) is 40.0 Å². The normalized spacial score (nSPS) is 18.8. The van der Waals surface area contributed by atoms with E-state index in [1.54, 1.807) is 5.31 Å². The van der Waals surface area contributed by atoms with Gasteiger partial charge in [0, 0.05) is 0 Å². The van der Waals surface area contributed by atoms with Crippen LogP contribution in [0.5, 0.6) is 0 Å². The second-order valence-corrected chi connectivity index (χ2v) is 9.71. The number of benzene rings is 2. The Labute approximate surface area is 142 Å². The monoisotopic (exact) mass is 322 g/mol. The van der Waals surface area contributed by atoms with Crippen molar-refractivity contribution in [3.05, 3.63) is 72.1 Å². The van der Waals surface area contributed by atoms with Gasteiger partial charge in [0.25, 0.3) is 0 Å². The van der Waals surface area contributed by atoms with Gasteiger partial charge in [-0.3, -0.25) is 0 Å². The van der Waals surface area contributed by atoms with Crippen molar-refractivity contribution in [3.63, 3.8) is 0 Å². The fourth-order valence-corrected chi connectivity index (χ4v) is 6.56. The molecule has 0 bridgehead atoms. The molecule has 1 aliphatic rings. The molecule has 1 atom stereocenters. The molecule has 2 aromatic carbocycles. The summed E-state index contributed by atoms with van der Waals surface area (Å²) in [5.41, 5.74) is 0.330. The minimum Gasteiger partial charge on any atom is -0.0799 e. The van der Waals surface area contributed by atoms with Crippen LogP contribution in [0.3, 0.4) is 0 Å². The largest absolute Gasteiger partial charge is 0.0799 e. The molecule has 1 heteroatoms. The maximum Gasteiger partial charge on any atom is -0.0106 e. The molecule has 0 nitrogen and oxygen atoms in total. The molecular weight excluding hydrogens is 295 g/mol. The van der Waals surface area contributed by atoms with Crippen LogP contribution >= 0.6 is 7.92 Å². The average Bonchev–Trinajstić information content (AvgIpc) is 2.57. The van der Waals surface area contributed by atoms with Gasteiger partial charge in [0.1, 0.15) is 0 Å².